The van der Waals surface area contributed by atoms with Gasteiger partial charge in [-0.05, 0) is 12.3 Å². The van der Waals surface area contributed by atoms with E-state index in [0.717, 1.165) is 0 Å². The van der Waals surface area contributed by atoms with E-state index >= 15 is 0 Å². The van der Waals surface area contributed by atoms with Crippen molar-refractivity contribution in [1.29, 1.82) is 0 Å². The van der Waals surface area contributed by atoms with Gasteiger partial charge in [0.2, 0.25) is 10.0 Å². The van der Waals surface area contributed by atoms with Crippen LogP contribution >= 0.6 is 0 Å². The lowest BCUT2D eigenvalue weighted by molar-refractivity contribution is 0.0628. The fourth-order valence-electron chi connectivity index (χ4n) is 1.57. The van der Waals surface area contributed by atoms with E-state index in [0.29, 0.717) is 19.6 Å². The second kappa shape index (κ2) is 3.94. The predicted octanol–water partition coefficient (Wildman–Crippen LogP) is 0.303. The maximum Gasteiger partial charge on any atom is 0.216 e. The Balaban J connectivity index is 2.80. The zero-order chi connectivity index (χ0) is 10.1. The van der Waals surface area contributed by atoms with Crippen LogP contribution in [0.2, 0.25) is 0 Å². The number of rotatable bonds is 2. The van der Waals surface area contributed by atoms with Crippen molar-refractivity contribution in [3.8, 4) is 0 Å². The average molecular weight is 207 g/mol. The third-order valence-electron chi connectivity index (χ3n) is 2.45. The molecule has 1 aliphatic heterocycles. The van der Waals surface area contributed by atoms with Gasteiger partial charge in [-0.25, -0.2) is 12.7 Å². The van der Waals surface area contributed by atoms with Crippen LogP contribution in [-0.4, -0.2) is 45.3 Å². The molecule has 13 heavy (non-hydrogen) atoms. The normalized spacial score (nSPS) is 30.8. The van der Waals surface area contributed by atoms with E-state index in [4.69, 9.17) is 4.74 Å². The molecule has 0 saturated carbocycles. The van der Waals surface area contributed by atoms with Crippen molar-refractivity contribution in [3.05, 3.63) is 0 Å². The molecule has 0 aromatic rings. The molecule has 1 heterocycles. The Hall–Kier alpha value is -0.130. The second-order valence-electron chi connectivity index (χ2n) is 3.71. The first-order valence-corrected chi connectivity index (χ1v) is 5.95. The van der Waals surface area contributed by atoms with E-state index in [1.54, 1.807) is 14.1 Å². The third-order valence-corrected chi connectivity index (χ3v) is 4.94. The first-order valence-electron chi connectivity index (χ1n) is 4.45. The Morgan fingerprint density at radius 2 is 2.00 bits per heavy atom. The van der Waals surface area contributed by atoms with E-state index in [1.165, 1.54) is 4.31 Å². The highest BCUT2D eigenvalue weighted by Gasteiger charge is 2.34. The van der Waals surface area contributed by atoms with Crippen LogP contribution in [0.5, 0.6) is 0 Å². The van der Waals surface area contributed by atoms with Crippen LogP contribution in [0.4, 0.5) is 0 Å². The lowest BCUT2D eigenvalue weighted by Crippen LogP contribution is -2.42. The van der Waals surface area contributed by atoms with Gasteiger partial charge < -0.3 is 4.74 Å². The standard InChI is InChI=1S/C8H17NO3S/c1-7-6-12-5-4-8(7)13(10,11)9(2)3/h7-8H,4-6H2,1-3H3/t7-,8-/m1/s1. The van der Waals surface area contributed by atoms with Crippen molar-refractivity contribution in [2.24, 2.45) is 5.92 Å². The van der Waals surface area contributed by atoms with Crippen molar-refractivity contribution >= 4 is 10.0 Å². The molecule has 1 fully saturated rings. The molecule has 2 atom stereocenters. The molecule has 0 bridgehead atoms. The van der Waals surface area contributed by atoms with Gasteiger partial charge in [-0.3, -0.25) is 0 Å². The summed E-state index contributed by atoms with van der Waals surface area (Å²) in [5.41, 5.74) is 0. The molecule has 0 unspecified atom stereocenters. The van der Waals surface area contributed by atoms with E-state index in [1.807, 2.05) is 6.92 Å². The van der Waals surface area contributed by atoms with Gasteiger partial charge in [-0.15, -0.1) is 0 Å². The maximum absolute atomic E-state index is 11.8. The van der Waals surface area contributed by atoms with Crippen LogP contribution in [0, 0.1) is 5.92 Å². The maximum atomic E-state index is 11.8. The van der Waals surface area contributed by atoms with Crippen molar-refractivity contribution < 1.29 is 13.2 Å². The fourth-order valence-corrected chi connectivity index (χ4v) is 3.18. The molecule has 0 aliphatic carbocycles. The molecule has 0 N–H and O–H groups in total. The summed E-state index contributed by atoms with van der Waals surface area (Å²) >= 11 is 0. The summed E-state index contributed by atoms with van der Waals surface area (Å²) in [6, 6.07) is 0. The summed E-state index contributed by atoms with van der Waals surface area (Å²) in [7, 11) is 0.0659. The van der Waals surface area contributed by atoms with E-state index in [2.05, 4.69) is 0 Å². The van der Waals surface area contributed by atoms with Crippen molar-refractivity contribution in [1.82, 2.24) is 4.31 Å². The Morgan fingerprint density at radius 1 is 1.38 bits per heavy atom. The Morgan fingerprint density at radius 3 is 2.46 bits per heavy atom. The highest BCUT2D eigenvalue weighted by atomic mass is 32.2. The van der Waals surface area contributed by atoms with Gasteiger partial charge in [-0.1, -0.05) is 6.92 Å². The molecule has 0 amide bonds. The quantitative estimate of drug-likeness (QED) is 0.654. The SMILES string of the molecule is C[C@@H]1COCC[C@H]1S(=O)(=O)N(C)C. The molecular weight excluding hydrogens is 190 g/mol. The number of hydrogen-bond donors (Lipinski definition) is 0. The lowest BCUT2D eigenvalue weighted by Gasteiger charge is -2.30. The van der Waals surface area contributed by atoms with Crippen molar-refractivity contribution in [2.75, 3.05) is 27.3 Å². The largest absolute Gasteiger partial charge is 0.381 e. The van der Waals surface area contributed by atoms with Gasteiger partial charge >= 0.3 is 0 Å². The molecule has 78 valence electrons. The summed E-state index contributed by atoms with van der Waals surface area (Å²) in [4.78, 5) is 0. The third kappa shape index (κ3) is 2.21. The minimum atomic E-state index is -3.10. The predicted molar refractivity (Wildman–Crippen MR) is 51.0 cm³/mol. The molecule has 0 aromatic heterocycles. The van der Waals surface area contributed by atoms with Crippen LogP contribution < -0.4 is 0 Å². The molecule has 5 heteroatoms. The Bertz CT molecular complexity index is 261. The molecule has 1 saturated heterocycles. The number of hydrogen-bond acceptors (Lipinski definition) is 3. The van der Waals surface area contributed by atoms with Crippen molar-refractivity contribution in [2.45, 2.75) is 18.6 Å². The van der Waals surface area contributed by atoms with E-state index < -0.39 is 10.0 Å². The zero-order valence-corrected chi connectivity index (χ0v) is 9.17. The van der Waals surface area contributed by atoms with Gasteiger partial charge in [0.15, 0.2) is 0 Å². The van der Waals surface area contributed by atoms with Crippen LogP contribution in [0.3, 0.4) is 0 Å². The summed E-state index contributed by atoms with van der Waals surface area (Å²) < 4.78 is 30.0. The average Bonchev–Trinajstić information content (AvgIpc) is 2.04. The number of sulfonamides is 1. The first kappa shape index (κ1) is 10.9. The highest BCUT2D eigenvalue weighted by Crippen LogP contribution is 2.22. The molecule has 1 rings (SSSR count). The Kier molecular flexibility index (Phi) is 3.32. The molecule has 4 nitrogen and oxygen atoms in total. The first-order chi connectivity index (χ1) is 5.96. The van der Waals surface area contributed by atoms with Crippen LogP contribution in [-0.2, 0) is 14.8 Å². The van der Waals surface area contributed by atoms with Gasteiger partial charge in [0.05, 0.1) is 11.9 Å². The molecular formula is C8H17NO3S. The summed E-state index contributed by atoms with van der Waals surface area (Å²) in [5.74, 6) is 0.0983. The summed E-state index contributed by atoms with van der Waals surface area (Å²) in [6.45, 7) is 3.03. The monoisotopic (exact) mass is 207 g/mol. The second-order valence-corrected chi connectivity index (χ2v) is 6.07. The number of ether oxygens (including phenoxy) is 1. The topological polar surface area (TPSA) is 46.6 Å². The minimum Gasteiger partial charge on any atom is -0.381 e. The number of nitrogens with zero attached hydrogens (tertiary/aromatic N) is 1. The minimum absolute atomic E-state index is 0.0983. The van der Waals surface area contributed by atoms with Crippen LogP contribution in [0.1, 0.15) is 13.3 Å². The highest BCUT2D eigenvalue weighted by molar-refractivity contribution is 7.89. The summed E-state index contributed by atoms with van der Waals surface area (Å²) in [6.07, 6.45) is 0.613. The molecule has 1 aliphatic rings. The molecule has 0 radical (unpaired) electrons. The van der Waals surface area contributed by atoms with Crippen molar-refractivity contribution in [3.63, 3.8) is 0 Å². The van der Waals surface area contributed by atoms with E-state index in [-0.39, 0.29) is 11.2 Å². The fraction of sp³-hybridized carbons (Fsp3) is 1.00. The van der Waals surface area contributed by atoms with Gasteiger partial charge in [0.1, 0.15) is 0 Å². The smallest absolute Gasteiger partial charge is 0.216 e. The van der Waals surface area contributed by atoms with E-state index in [9.17, 15) is 8.42 Å². The summed E-state index contributed by atoms with van der Waals surface area (Å²) in [5, 5.41) is -0.267. The van der Waals surface area contributed by atoms with Crippen LogP contribution in [0.15, 0.2) is 0 Å². The van der Waals surface area contributed by atoms with Crippen LogP contribution in [0.25, 0.3) is 0 Å². The molecule has 0 aromatic carbocycles. The van der Waals surface area contributed by atoms with Gasteiger partial charge in [0.25, 0.3) is 0 Å². The Labute approximate surface area is 79.9 Å². The lowest BCUT2D eigenvalue weighted by atomic mass is 10.0. The van der Waals surface area contributed by atoms with Gasteiger partial charge in [-0.2, -0.15) is 0 Å². The zero-order valence-electron chi connectivity index (χ0n) is 8.36. The molecule has 0 spiro atoms. The van der Waals surface area contributed by atoms with Gasteiger partial charge in [0, 0.05) is 20.7 Å².